The van der Waals surface area contributed by atoms with Crippen LogP contribution in [0.3, 0.4) is 0 Å². The molecule has 1 fully saturated rings. The summed E-state index contributed by atoms with van der Waals surface area (Å²) in [5.41, 5.74) is 1.80. The van der Waals surface area contributed by atoms with Gasteiger partial charge in [-0.3, -0.25) is 10.5 Å². The van der Waals surface area contributed by atoms with Crippen LogP contribution in [0, 0.1) is 0 Å². The summed E-state index contributed by atoms with van der Waals surface area (Å²) in [7, 11) is 3.97. The highest BCUT2D eigenvalue weighted by Gasteiger charge is 2.26. The topological polar surface area (TPSA) is 76.1 Å². The molecule has 1 saturated heterocycles. The molecule has 0 aromatic carbocycles. The average molecular weight is 247 g/mol. The van der Waals surface area contributed by atoms with E-state index in [2.05, 4.69) is 27.0 Å². The highest BCUT2D eigenvalue weighted by Crippen LogP contribution is 2.20. The third kappa shape index (κ3) is 1.86. The smallest absolute Gasteiger partial charge is 0.148 e. The van der Waals surface area contributed by atoms with Crippen molar-refractivity contribution in [1.82, 2.24) is 29.7 Å². The van der Waals surface area contributed by atoms with Crippen molar-refractivity contribution in [1.29, 1.82) is 0 Å². The predicted octanol–water partition coefficient (Wildman–Crippen LogP) is -0.474. The number of hydrazine groups is 1. The van der Waals surface area contributed by atoms with Crippen molar-refractivity contribution in [2.45, 2.75) is 6.04 Å². The van der Waals surface area contributed by atoms with E-state index in [0.29, 0.717) is 0 Å². The van der Waals surface area contributed by atoms with Gasteiger partial charge in [0.05, 0.1) is 18.4 Å². The van der Waals surface area contributed by atoms with Gasteiger partial charge in [0, 0.05) is 26.7 Å². The third-order valence-corrected chi connectivity index (χ3v) is 3.44. The Kier molecular flexibility index (Phi) is 2.73. The van der Waals surface area contributed by atoms with Gasteiger partial charge in [0.15, 0.2) is 0 Å². The van der Waals surface area contributed by atoms with Crippen LogP contribution in [0.2, 0.25) is 0 Å². The van der Waals surface area contributed by atoms with E-state index < -0.39 is 0 Å². The number of hydrogen-bond acceptors (Lipinski definition) is 6. The van der Waals surface area contributed by atoms with E-state index in [1.165, 1.54) is 0 Å². The summed E-state index contributed by atoms with van der Waals surface area (Å²) in [5, 5.41) is 5.99. The van der Waals surface area contributed by atoms with Gasteiger partial charge >= 0.3 is 0 Å². The normalized spacial score (nSPS) is 22.7. The van der Waals surface area contributed by atoms with Gasteiger partial charge in [-0.05, 0) is 7.05 Å². The quantitative estimate of drug-likeness (QED) is 0.686. The summed E-state index contributed by atoms with van der Waals surface area (Å²) >= 11 is 0. The SMILES string of the molecule is CN1CCN(N)C(c2ncc3c(cnn3C)n2)C1. The minimum Gasteiger partial charge on any atom is -0.303 e. The Bertz CT molecular complexity index is 564. The summed E-state index contributed by atoms with van der Waals surface area (Å²) in [4.78, 5) is 11.2. The minimum absolute atomic E-state index is 0.0494. The lowest BCUT2D eigenvalue weighted by Crippen LogP contribution is -2.50. The van der Waals surface area contributed by atoms with Crippen LogP contribution in [0.4, 0.5) is 0 Å². The first kappa shape index (κ1) is 11.5. The van der Waals surface area contributed by atoms with Crippen LogP contribution in [0.5, 0.6) is 0 Å². The molecular weight excluding hydrogens is 230 g/mol. The van der Waals surface area contributed by atoms with E-state index in [0.717, 1.165) is 36.5 Å². The van der Waals surface area contributed by atoms with Gasteiger partial charge < -0.3 is 4.90 Å². The number of fused-ring (bicyclic) bond motifs is 1. The number of hydrogen-bond donors (Lipinski definition) is 1. The van der Waals surface area contributed by atoms with Gasteiger partial charge in [0.25, 0.3) is 0 Å². The molecule has 0 aliphatic carbocycles. The largest absolute Gasteiger partial charge is 0.303 e. The zero-order valence-electron chi connectivity index (χ0n) is 10.6. The second-order valence-electron chi connectivity index (χ2n) is 4.78. The van der Waals surface area contributed by atoms with Gasteiger partial charge in [0.1, 0.15) is 16.9 Å². The van der Waals surface area contributed by atoms with E-state index in [1.54, 1.807) is 10.9 Å². The van der Waals surface area contributed by atoms with Crippen molar-refractivity contribution >= 4 is 11.0 Å². The van der Waals surface area contributed by atoms with Crippen molar-refractivity contribution in [2.75, 3.05) is 26.7 Å². The number of piperazine rings is 1. The fourth-order valence-electron chi connectivity index (χ4n) is 2.27. The first-order valence-electron chi connectivity index (χ1n) is 5.99. The lowest BCUT2D eigenvalue weighted by atomic mass is 10.2. The molecular formula is C11H17N7. The van der Waals surface area contributed by atoms with Gasteiger partial charge in [-0.25, -0.2) is 15.0 Å². The minimum atomic E-state index is 0.0494. The monoisotopic (exact) mass is 247 g/mol. The summed E-state index contributed by atoms with van der Waals surface area (Å²) in [6.45, 7) is 2.65. The van der Waals surface area contributed by atoms with Gasteiger partial charge in [-0.2, -0.15) is 5.10 Å². The summed E-state index contributed by atoms with van der Waals surface area (Å²) in [6.07, 6.45) is 3.57. The molecule has 3 rings (SSSR count). The Morgan fingerprint density at radius 3 is 2.94 bits per heavy atom. The molecule has 1 aliphatic rings. The first-order valence-corrected chi connectivity index (χ1v) is 5.99. The Balaban J connectivity index is 1.97. The predicted molar refractivity (Wildman–Crippen MR) is 67.4 cm³/mol. The molecule has 0 radical (unpaired) electrons. The fraction of sp³-hybridized carbons (Fsp3) is 0.545. The second kappa shape index (κ2) is 4.27. The lowest BCUT2D eigenvalue weighted by molar-refractivity contribution is 0.0856. The summed E-state index contributed by atoms with van der Waals surface area (Å²) in [5.74, 6) is 6.80. The number of likely N-dealkylation sites (N-methyl/N-ethyl adjacent to an activating group) is 1. The fourth-order valence-corrected chi connectivity index (χ4v) is 2.27. The van der Waals surface area contributed by atoms with Crippen LogP contribution >= 0.6 is 0 Å². The van der Waals surface area contributed by atoms with Crippen LogP contribution in [0.25, 0.3) is 11.0 Å². The molecule has 1 aliphatic heterocycles. The van der Waals surface area contributed by atoms with Crippen molar-refractivity contribution in [3.05, 3.63) is 18.2 Å². The Hall–Kier alpha value is -1.57. The van der Waals surface area contributed by atoms with Gasteiger partial charge in [-0.1, -0.05) is 0 Å². The van der Waals surface area contributed by atoms with E-state index in [9.17, 15) is 0 Å². The van der Waals surface area contributed by atoms with Crippen LogP contribution in [-0.2, 0) is 7.05 Å². The van der Waals surface area contributed by atoms with Crippen LogP contribution in [-0.4, -0.2) is 56.3 Å². The van der Waals surface area contributed by atoms with Crippen LogP contribution in [0.1, 0.15) is 11.9 Å². The van der Waals surface area contributed by atoms with Crippen molar-refractivity contribution in [3.63, 3.8) is 0 Å². The summed E-state index contributed by atoms with van der Waals surface area (Å²) < 4.78 is 1.77. The Labute approximate surface area is 105 Å². The first-order chi connectivity index (χ1) is 8.65. The molecule has 7 heteroatoms. The van der Waals surface area contributed by atoms with E-state index in [-0.39, 0.29) is 6.04 Å². The lowest BCUT2D eigenvalue weighted by Gasteiger charge is -2.35. The maximum Gasteiger partial charge on any atom is 0.148 e. The molecule has 3 heterocycles. The number of aromatic nitrogens is 4. The molecule has 2 aromatic rings. The van der Waals surface area contributed by atoms with Crippen molar-refractivity contribution in [3.8, 4) is 0 Å². The maximum absolute atomic E-state index is 6.03. The number of aryl methyl sites for hydroxylation is 1. The molecule has 2 N–H and O–H groups in total. The molecule has 2 aromatic heterocycles. The van der Waals surface area contributed by atoms with E-state index in [4.69, 9.17) is 5.84 Å². The molecule has 0 saturated carbocycles. The third-order valence-electron chi connectivity index (χ3n) is 3.44. The zero-order chi connectivity index (χ0) is 12.7. The zero-order valence-corrected chi connectivity index (χ0v) is 10.6. The standard InChI is InChI=1S/C11H17N7/c1-16-3-4-18(12)10(7-16)11-13-6-9-8(15-11)5-14-17(9)2/h5-6,10H,3-4,7,12H2,1-2H3. The molecule has 0 spiro atoms. The average Bonchev–Trinajstić information content (AvgIpc) is 2.74. The van der Waals surface area contributed by atoms with Crippen molar-refractivity contribution < 1.29 is 0 Å². The highest BCUT2D eigenvalue weighted by atomic mass is 15.5. The van der Waals surface area contributed by atoms with E-state index >= 15 is 0 Å². The molecule has 0 amide bonds. The second-order valence-corrected chi connectivity index (χ2v) is 4.78. The highest BCUT2D eigenvalue weighted by molar-refractivity contribution is 5.72. The van der Waals surface area contributed by atoms with Crippen molar-refractivity contribution in [2.24, 2.45) is 12.9 Å². The molecule has 96 valence electrons. The van der Waals surface area contributed by atoms with Crippen LogP contribution < -0.4 is 5.84 Å². The van der Waals surface area contributed by atoms with Crippen LogP contribution in [0.15, 0.2) is 12.4 Å². The molecule has 18 heavy (non-hydrogen) atoms. The number of nitrogens with zero attached hydrogens (tertiary/aromatic N) is 6. The Morgan fingerprint density at radius 1 is 1.28 bits per heavy atom. The molecule has 0 bridgehead atoms. The number of nitrogens with two attached hydrogens (primary N) is 1. The molecule has 7 nitrogen and oxygen atoms in total. The molecule has 1 atom stereocenters. The number of rotatable bonds is 1. The van der Waals surface area contributed by atoms with Gasteiger partial charge in [0.2, 0.25) is 0 Å². The van der Waals surface area contributed by atoms with E-state index in [1.807, 2.05) is 18.3 Å². The van der Waals surface area contributed by atoms with Gasteiger partial charge in [-0.15, -0.1) is 0 Å². The Morgan fingerprint density at radius 2 is 2.11 bits per heavy atom. The molecule has 1 unspecified atom stereocenters. The maximum atomic E-state index is 6.03. The summed E-state index contributed by atoms with van der Waals surface area (Å²) in [6, 6.07) is 0.0494.